The van der Waals surface area contributed by atoms with E-state index in [-0.39, 0.29) is 28.5 Å². The molecule has 0 N–H and O–H groups in total. The number of ether oxygens (including phenoxy) is 4. The highest BCUT2D eigenvalue weighted by molar-refractivity contribution is 7.91. The molecule has 2 atom stereocenters. The zero-order valence-corrected chi connectivity index (χ0v) is 30.1. The number of piperazine rings is 1. The van der Waals surface area contributed by atoms with Gasteiger partial charge in [0.1, 0.15) is 29.2 Å². The molecule has 50 heavy (non-hydrogen) atoms. The Morgan fingerprint density at radius 2 is 1.48 bits per heavy atom. The highest BCUT2D eigenvalue weighted by atomic mass is 32.2. The van der Waals surface area contributed by atoms with Crippen LogP contribution in [0.1, 0.15) is 37.8 Å². The molecule has 3 aromatic carbocycles. The zero-order chi connectivity index (χ0) is 36.2. The van der Waals surface area contributed by atoms with E-state index in [0.29, 0.717) is 23.8 Å². The monoisotopic (exact) mass is 712 g/mol. The number of quaternary nitrogens is 1. The number of halogens is 2. The van der Waals surface area contributed by atoms with E-state index >= 15 is 0 Å². The molecule has 10 nitrogen and oxygen atoms in total. The van der Waals surface area contributed by atoms with Crippen molar-refractivity contribution in [2.24, 2.45) is 0 Å². The second-order valence-electron chi connectivity index (χ2n) is 12.6. The molecule has 0 aromatic heterocycles. The molecular formula is C37H44F2N3O7S+. The van der Waals surface area contributed by atoms with Crippen LogP contribution < -0.4 is 22.8 Å². The minimum absolute atomic E-state index is 0.0130. The lowest BCUT2D eigenvalue weighted by Crippen LogP contribution is -2.65. The van der Waals surface area contributed by atoms with Crippen LogP contribution in [0.3, 0.4) is 0 Å². The molecule has 0 spiro atoms. The van der Waals surface area contributed by atoms with Gasteiger partial charge in [0.15, 0.2) is 17.2 Å². The van der Waals surface area contributed by atoms with Crippen molar-refractivity contribution in [1.29, 1.82) is 0 Å². The molecule has 0 radical (unpaired) electrons. The molecule has 1 saturated heterocycles. The number of hydrogen-bond donors (Lipinski definition) is 0. The fourth-order valence-corrected chi connectivity index (χ4v) is 9.25. The summed E-state index contributed by atoms with van der Waals surface area (Å²) >= 11 is 0. The van der Waals surface area contributed by atoms with Crippen molar-refractivity contribution in [2.75, 3.05) is 67.2 Å². The second-order valence-corrected chi connectivity index (χ2v) is 14.6. The normalized spacial score (nSPS) is 20.5. The van der Waals surface area contributed by atoms with Gasteiger partial charge in [-0.2, -0.15) is 8.42 Å². The largest absolute Gasteiger partial charge is 0.493 e. The van der Waals surface area contributed by atoms with Gasteiger partial charge in [-0.15, -0.1) is 3.89 Å². The third-order valence-electron chi connectivity index (χ3n) is 9.44. The van der Waals surface area contributed by atoms with Crippen LogP contribution in [0.15, 0.2) is 53.4 Å². The lowest BCUT2D eigenvalue weighted by Gasteiger charge is -2.42. The van der Waals surface area contributed by atoms with E-state index in [1.807, 2.05) is 12.1 Å². The van der Waals surface area contributed by atoms with Gasteiger partial charge in [-0.05, 0) is 74.7 Å². The first-order chi connectivity index (χ1) is 23.9. The van der Waals surface area contributed by atoms with E-state index < -0.39 is 43.4 Å². The van der Waals surface area contributed by atoms with Crippen molar-refractivity contribution < 1.29 is 40.9 Å². The van der Waals surface area contributed by atoms with E-state index in [0.717, 1.165) is 69.0 Å². The van der Waals surface area contributed by atoms with Crippen molar-refractivity contribution in [3.8, 4) is 34.8 Å². The molecule has 2 unspecified atom stereocenters. The summed E-state index contributed by atoms with van der Waals surface area (Å²) in [4.78, 5) is 18.4. The summed E-state index contributed by atoms with van der Waals surface area (Å²) in [5, 5.41) is 0. The summed E-state index contributed by atoms with van der Waals surface area (Å²) in [6.45, 7) is 9.41. The first-order valence-corrected chi connectivity index (χ1v) is 17.9. The highest BCUT2D eigenvalue weighted by Crippen LogP contribution is 2.49. The smallest absolute Gasteiger partial charge is 0.341 e. The van der Waals surface area contributed by atoms with Crippen LogP contribution >= 0.6 is 0 Å². The number of carbonyl (C=O) groups is 1. The molecule has 1 amide bonds. The second kappa shape index (κ2) is 15.3. The molecule has 1 fully saturated rings. The van der Waals surface area contributed by atoms with Gasteiger partial charge in [-0.1, -0.05) is 17.9 Å². The number of carbonyl (C=O) groups excluding carboxylic acids is 1. The number of amides is 1. The predicted molar refractivity (Wildman–Crippen MR) is 186 cm³/mol. The van der Waals surface area contributed by atoms with Crippen molar-refractivity contribution in [1.82, 2.24) is 13.7 Å². The third-order valence-corrected chi connectivity index (χ3v) is 11.9. The van der Waals surface area contributed by atoms with Gasteiger partial charge in [-0.3, -0.25) is 4.90 Å². The van der Waals surface area contributed by atoms with Crippen LogP contribution in [0.2, 0.25) is 0 Å². The Bertz CT molecular complexity index is 1880. The van der Waals surface area contributed by atoms with Crippen molar-refractivity contribution in [2.45, 2.75) is 44.0 Å². The van der Waals surface area contributed by atoms with Crippen molar-refractivity contribution in [3.05, 3.63) is 71.3 Å². The van der Waals surface area contributed by atoms with Gasteiger partial charge >= 0.3 is 15.9 Å². The van der Waals surface area contributed by atoms with E-state index in [2.05, 4.69) is 21.6 Å². The Kier molecular flexibility index (Phi) is 11.4. The van der Waals surface area contributed by atoms with Crippen LogP contribution in [0.25, 0.3) is 0 Å². The van der Waals surface area contributed by atoms with Crippen LogP contribution in [-0.2, 0) is 21.2 Å². The summed E-state index contributed by atoms with van der Waals surface area (Å²) in [7, 11) is 0.205. The molecule has 2 aliphatic heterocycles. The molecule has 0 aliphatic carbocycles. The standard InChI is InChI=1S/C37H44F2N3O7S/c1-25(2)42(37(43)26(3)30-11-9-29(39)24-35(30)50(42,44)45)31-23-28(38)10-12-32(31)49-20-8-7-14-40-16-18-41(19-17-40)15-13-27-21-33(46-4)36(48-6)34(22-27)47-5/h9-12,21-26H,13-20H2,1-6H3/q+1. The Balaban J connectivity index is 1.23. The Morgan fingerprint density at radius 1 is 0.860 bits per heavy atom. The first-order valence-electron chi connectivity index (χ1n) is 16.5. The average molecular weight is 713 g/mol. The molecule has 3 aromatic rings. The molecule has 5 rings (SSSR count). The molecule has 268 valence electrons. The number of rotatable bonds is 11. The van der Waals surface area contributed by atoms with E-state index in [4.69, 9.17) is 18.9 Å². The van der Waals surface area contributed by atoms with Crippen LogP contribution in [0.4, 0.5) is 14.5 Å². The van der Waals surface area contributed by atoms with E-state index in [9.17, 15) is 22.0 Å². The molecule has 13 heteroatoms. The maximum absolute atomic E-state index is 14.8. The predicted octanol–water partition coefficient (Wildman–Crippen LogP) is 4.98. The fraction of sp³-hybridized carbons (Fsp3) is 0.432. The van der Waals surface area contributed by atoms with E-state index in [1.165, 1.54) is 12.1 Å². The van der Waals surface area contributed by atoms with Gasteiger partial charge in [0.25, 0.3) is 0 Å². The number of nitrogens with zero attached hydrogens (tertiary/aromatic N) is 3. The lowest BCUT2D eigenvalue weighted by molar-refractivity contribution is -0.128. The number of hydrogen-bond acceptors (Lipinski definition) is 9. The summed E-state index contributed by atoms with van der Waals surface area (Å²) in [6.07, 6.45) is 0.825. The quantitative estimate of drug-likeness (QED) is 0.202. The average Bonchev–Trinajstić information content (AvgIpc) is 3.10. The fourth-order valence-electron chi connectivity index (χ4n) is 6.78. The van der Waals surface area contributed by atoms with Gasteiger partial charge in [-0.25, -0.2) is 13.6 Å². The van der Waals surface area contributed by atoms with Gasteiger partial charge in [0.2, 0.25) is 11.4 Å². The van der Waals surface area contributed by atoms with Gasteiger partial charge in [0, 0.05) is 38.8 Å². The zero-order valence-electron chi connectivity index (χ0n) is 29.3. The molecule has 0 saturated carbocycles. The third kappa shape index (κ3) is 6.90. The molecular weight excluding hydrogens is 668 g/mol. The number of fused-ring (bicyclic) bond motifs is 1. The van der Waals surface area contributed by atoms with Crippen LogP contribution in [-0.4, -0.2) is 97.4 Å². The molecule has 0 bridgehead atoms. The van der Waals surface area contributed by atoms with Crippen LogP contribution in [0, 0.1) is 23.5 Å². The number of sulfonamides is 1. The number of methoxy groups -OCH3 is 3. The summed E-state index contributed by atoms with van der Waals surface area (Å²) < 4.78 is 78.7. The maximum atomic E-state index is 14.8. The highest BCUT2D eigenvalue weighted by Gasteiger charge is 2.62. The lowest BCUT2D eigenvalue weighted by atomic mass is 9.97. The van der Waals surface area contributed by atoms with Crippen molar-refractivity contribution in [3.63, 3.8) is 0 Å². The minimum atomic E-state index is -4.59. The summed E-state index contributed by atoms with van der Waals surface area (Å²) in [5.74, 6) is 4.87. The Hall–Kier alpha value is -4.22. The van der Waals surface area contributed by atoms with Gasteiger partial charge < -0.3 is 23.8 Å². The summed E-state index contributed by atoms with van der Waals surface area (Å²) in [6, 6.07) is 9.87. The van der Waals surface area contributed by atoms with E-state index in [1.54, 1.807) is 42.1 Å². The topological polar surface area (TPSA) is 94.6 Å². The first kappa shape index (κ1) is 37.0. The Labute approximate surface area is 293 Å². The number of benzene rings is 3. The molecule has 2 aliphatic rings. The van der Waals surface area contributed by atoms with Gasteiger partial charge in [0.05, 0.1) is 33.8 Å². The minimum Gasteiger partial charge on any atom is -0.493 e. The SMILES string of the molecule is COc1cc(CCN2CCN(CC#CCOc3ccc(F)cc3[N+]3(C(C)C)C(=O)C(C)c4ccc(F)cc4S3(=O)=O)CC2)cc(OC)c1OC. The summed E-state index contributed by atoms with van der Waals surface area (Å²) in [5.41, 5.74) is 1.13. The van der Waals surface area contributed by atoms with Crippen molar-refractivity contribution >= 4 is 21.6 Å². The Morgan fingerprint density at radius 3 is 2.10 bits per heavy atom. The van der Waals surface area contributed by atoms with Crippen LogP contribution in [0.5, 0.6) is 23.0 Å². The maximum Gasteiger partial charge on any atom is 0.341 e. The molecule has 2 heterocycles.